The average molecular weight is 470 g/mol. The molecular formula is C25H19N5O3S. The van der Waals surface area contributed by atoms with Crippen LogP contribution in [0.5, 0.6) is 5.88 Å². The minimum absolute atomic E-state index is 0.0801. The molecule has 3 aromatic carbocycles. The lowest BCUT2D eigenvalue weighted by atomic mass is 10.2. The monoisotopic (exact) mass is 469 g/mol. The van der Waals surface area contributed by atoms with Crippen LogP contribution in [0.2, 0.25) is 0 Å². The lowest BCUT2D eigenvalue weighted by Gasteiger charge is -2.14. The van der Waals surface area contributed by atoms with Gasteiger partial charge in [0.15, 0.2) is 10.8 Å². The number of aromatic hydroxyl groups is 1. The topological polar surface area (TPSA) is 113 Å². The van der Waals surface area contributed by atoms with E-state index < -0.39 is 5.91 Å². The van der Waals surface area contributed by atoms with Crippen LogP contribution in [0, 0.1) is 6.92 Å². The summed E-state index contributed by atoms with van der Waals surface area (Å²) < 4.78 is 1.53. The molecule has 9 heteroatoms. The molecule has 0 saturated heterocycles. The SMILES string of the molecule is Cc1ccccc1-n1c(SCC(=O)N=Nc2c(O)[nH]c3ccccc23)nc2ccccc2c1=O. The van der Waals surface area contributed by atoms with Gasteiger partial charge in [0.25, 0.3) is 11.5 Å². The van der Waals surface area contributed by atoms with Gasteiger partial charge in [0.2, 0.25) is 5.88 Å². The Kier molecular flexibility index (Phi) is 5.69. The summed E-state index contributed by atoms with van der Waals surface area (Å²) in [6.07, 6.45) is 0. The van der Waals surface area contributed by atoms with Gasteiger partial charge in [-0.3, -0.25) is 14.2 Å². The number of carbonyl (C=O) groups is 1. The van der Waals surface area contributed by atoms with Crippen molar-refractivity contribution in [3.8, 4) is 11.6 Å². The van der Waals surface area contributed by atoms with Gasteiger partial charge in [0.1, 0.15) is 0 Å². The highest BCUT2D eigenvalue weighted by molar-refractivity contribution is 7.99. The van der Waals surface area contributed by atoms with Crippen LogP contribution < -0.4 is 5.56 Å². The summed E-state index contributed by atoms with van der Waals surface area (Å²) >= 11 is 1.11. The molecule has 0 aliphatic carbocycles. The second-order valence-corrected chi connectivity index (χ2v) is 8.53. The summed E-state index contributed by atoms with van der Waals surface area (Å²) in [5.41, 5.74) is 2.85. The lowest BCUT2D eigenvalue weighted by Crippen LogP contribution is -2.22. The van der Waals surface area contributed by atoms with Gasteiger partial charge in [0.05, 0.1) is 27.9 Å². The number of rotatable bonds is 5. The van der Waals surface area contributed by atoms with Crippen LogP contribution in [0.3, 0.4) is 0 Å². The zero-order valence-electron chi connectivity index (χ0n) is 18.1. The van der Waals surface area contributed by atoms with Crippen molar-refractivity contribution in [2.75, 3.05) is 5.75 Å². The Balaban J connectivity index is 1.47. The fraction of sp³-hybridized carbons (Fsp3) is 0.0800. The number of hydrogen-bond donors (Lipinski definition) is 2. The number of azo groups is 1. The predicted octanol–water partition coefficient (Wildman–Crippen LogP) is 5.28. The number of H-pyrrole nitrogens is 1. The fourth-order valence-corrected chi connectivity index (χ4v) is 4.49. The van der Waals surface area contributed by atoms with Crippen LogP contribution in [0.25, 0.3) is 27.5 Å². The molecule has 0 radical (unpaired) electrons. The molecule has 2 N–H and O–H groups in total. The van der Waals surface area contributed by atoms with E-state index in [1.807, 2.05) is 49.4 Å². The number of aromatic amines is 1. The first-order valence-corrected chi connectivity index (χ1v) is 11.5. The maximum atomic E-state index is 13.3. The summed E-state index contributed by atoms with van der Waals surface area (Å²) in [5.74, 6) is -0.757. The molecule has 0 saturated carbocycles. The van der Waals surface area contributed by atoms with Gasteiger partial charge in [-0.2, -0.15) is 0 Å². The maximum Gasteiger partial charge on any atom is 0.275 e. The molecule has 2 aromatic heterocycles. The Hall–Kier alpha value is -4.24. The molecule has 2 heterocycles. The van der Waals surface area contributed by atoms with Crippen molar-refractivity contribution in [2.24, 2.45) is 10.2 Å². The number of aromatic nitrogens is 3. The van der Waals surface area contributed by atoms with Gasteiger partial charge in [0, 0.05) is 5.39 Å². The van der Waals surface area contributed by atoms with E-state index in [0.717, 1.165) is 17.3 Å². The van der Waals surface area contributed by atoms with Crippen molar-refractivity contribution >= 4 is 45.2 Å². The van der Waals surface area contributed by atoms with Crippen LogP contribution >= 0.6 is 11.8 Å². The number of thioether (sulfide) groups is 1. The molecule has 8 nitrogen and oxygen atoms in total. The number of nitrogens with zero attached hydrogens (tertiary/aromatic N) is 4. The summed E-state index contributed by atoms with van der Waals surface area (Å²) in [6.45, 7) is 1.92. The van der Waals surface area contributed by atoms with Gasteiger partial charge in [-0.15, -0.1) is 10.2 Å². The van der Waals surface area contributed by atoms with Gasteiger partial charge in [-0.1, -0.05) is 60.3 Å². The molecule has 0 unspecified atom stereocenters. The van der Waals surface area contributed by atoms with Crippen molar-refractivity contribution in [2.45, 2.75) is 12.1 Å². The van der Waals surface area contributed by atoms with Crippen LogP contribution in [0.4, 0.5) is 5.69 Å². The Morgan fingerprint density at radius 2 is 1.74 bits per heavy atom. The van der Waals surface area contributed by atoms with E-state index in [4.69, 9.17) is 0 Å². The second-order valence-electron chi connectivity index (χ2n) is 7.59. The molecule has 5 aromatic rings. The minimum atomic E-state index is -0.520. The standard InChI is InChI=1S/C25H19N5O3S/c1-15-8-2-7-13-20(15)30-24(33)17-10-4-6-12-19(17)27-25(30)34-14-21(31)28-29-22-16-9-3-5-11-18(16)26-23(22)32/h2-13,26,32H,14H2,1H3. The van der Waals surface area contributed by atoms with Crippen LogP contribution in [-0.4, -0.2) is 31.3 Å². The van der Waals surface area contributed by atoms with Crippen molar-refractivity contribution in [3.63, 3.8) is 0 Å². The van der Waals surface area contributed by atoms with Crippen molar-refractivity contribution < 1.29 is 9.90 Å². The molecule has 0 atom stereocenters. The third kappa shape index (κ3) is 3.97. The minimum Gasteiger partial charge on any atom is -0.493 e. The van der Waals surface area contributed by atoms with Crippen molar-refractivity contribution in [1.29, 1.82) is 0 Å². The fourth-order valence-electron chi connectivity index (χ4n) is 3.71. The Bertz CT molecular complexity index is 1640. The van der Waals surface area contributed by atoms with E-state index in [1.54, 1.807) is 30.3 Å². The molecule has 0 aliphatic heterocycles. The predicted molar refractivity (Wildman–Crippen MR) is 132 cm³/mol. The molecule has 0 spiro atoms. The summed E-state index contributed by atoms with van der Waals surface area (Å²) in [7, 11) is 0. The molecule has 0 fully saturated rings. The van der Waals surface area contributed by atoms with Gasteiger partial charge >= 0.3 is 0 Å². The van der Waals surface area contributed by atoms with Crippen LogP contribution in [0.15, 0.2) is 93.0 Å². The number of fused-ring (bicyclic) bond motifs is 2. The highest BCUT2D eigenvalue weighted by atomic mass is 32.2. The highest BCUT2D eigenvalue weighted by Crippen LogP contribution is 2.35. The number of benzene rings is 3. The molecule has 168 valence electrons. The molecule has 1 amide bonds. The molecule has 5 rings (SSSR count). The van der Waals surface area contributed by atoms with E-state index in [2.05, 4.69) is 20.2 Å². The van der Waals surface area contributed by atoms with Gasteiger partial charge in [-0.05, 0) is 36.8 Å². The third-order valence-electron chi connectivity index (χ3n) is 5.35. The van der Waals surface area contributed by atoms with Crippen molar-refractivity contribution in [3.05, 3.63) is 88.7 Å². The number of aryl methyl sites for hydroxylation is 1. The van der Waals surface area contributed by atoms with E-state index >= 15 is 0 Å². The largest absolute Gasteiger partial charge is 0.493 e. The molecule has 0 aliphatic rings. The summed E-state index contributed by atoms with van der Waals surface area (Å²) in [6, 6.07) is 21.8. The smallest absolute Gasteiger partial charge is 0.275 e. The Labute approximate surface area is 198 Å². The molecule has 0 bridgehead atoms. The summed E-state index contributed by atoms with van der Waals surface area (Å²) in [4.78, 5) is 33.3. The number of para-hydroxylation sites is 3. The first-order valence-electron chi connectivity index (χ1n) is 10.5. The van der Waals surface area contributed by atoms with Crippen LogP contribution in [0.1, 0.15) is 5.56 Å². The average Bonchev–Trinajstić information content (AvgIpc) is 3.17. The zero-order chi connectivity index (χ0) is 23.7. The number of hydrogen-bond acceptors (Lipinski definition) is 6. The lowest BCUT2D eigenvalue weighted by molar-refractivity contribution is -0.115. The Morgan fingerprint density at radius 1 is 1.03 bits per heavy atom. The third-order valence-corrected chi connectivity index (χ3v) is 6.27. The molecular weight excluding hydrogens is 450 g/mol. The molecule has 34 heavy (non-hydrogen) atoms. The highest BCUT2D eigenvalue weighted by Gasteiger charge is 2.16. The van der Waals surface area contributed by atoms with E-state index in [9.17, 15) is 14.7 Å². The van der Waals surface area contributed by atoms with Crippen molar-refractivity contribution in [1.82, 2.24) is 14.5 Å². The number of amides is 1. The van der Waals surface area contributed by atoms with E-state index in [-0.39, 0.29) is 22.9 Å². The summed E-state index contributed by atoms with van der Waals surface area (Å²) in [5, 5.41) is 19.4. The van der Waals surface area contributed by atoms with E-state index in [1.165, 1.54) is 4.57 Å². The quantitative estimate of drug-likeness (QED) is 0.206. The second kappa shape index (κ2) is 8.95. The maximum absolute atomic E-state index is 13.3. The van der Waals surface area contributed by atoms with Crippen LogP contribution in [-0.2, 0) is 4.79 Å². The van der Waals surface area contributed by atoms with Gasteiger partial charge in [-0.25, -0.2) is 4.98 Å². The Morgan fingerprint density at radius 3 is 2.56 bits per heavy atom. The number of nitrogens with one attached hydrogen (secondary N) is 1. The first kappa shape index (κ1) is 21.6. The zero-order valence-corrected chi connectivity index (χ0v) is 18.9. The first-order chi connectivity index (χ1) is 16.5. The van der Waals surface area contributed by atoms with Gasteiger partial charge < -0.3 is 10.1 Å². The normalized spacial score (nSPS) is 11.6. The number of carbonyl (C=O) groups excluding carboxylic acids is 1. The van der Waals surface area contributed by atoms with E-state index in [0.29, 0.717) is 32.6 Å².